The maximum absolute atomic E-state index is 10.6. The van der Waals surface area contributed by atoms with Gasteiger partial charge in [-0.15, -0.1) is 0 Å². The van der Waals surface area contributed by atoms with Crippen LogP contribution in [-0.4, -0.2) is 30.3 Å². The van der Waals surface area contributed by atoms with Crippen LogP contribution in [0.25, 0.3) is 0 Å². The van der Waals surface area contributed by atoms with Crippen LogP contribution in [0, 0.1) is 6.92 Å². The Balaban J connectivity index is 2.10. The first-order valence-electron chi connectivity index (χ1n) is 7.28. The summed E-state index contributed by atoms with van der Waals surface area (Å²) in [6.07, 6.45) is 1.64. The van der Waals surface area contributed by atoms with Gasteiger partial charge in [0.2, 0.25) is 0 Å². The van der Waals surface area contributed by atoms with Gasteiger partial charge in [-0.25, -0.2) is 0 Å². The van der Waals surface area contributed by atoms with Crippen molar-refractivity contribution in [3.63, 3.8) is 0 Å². The van der Waals surface area contributed by atoms with Crippen LogP contribution >= 0.6 is 0 Å². The summed E-state index contributed by atoms with van der Waals surface area (Å²) in [5.41, 5.74) is 3.22. The molecule has 1 fully saturated rings. The maximum atomic E-state index is 10.6. The summed E-state index contributed by atoms with van der Waals surface area (Å²) in [4.78, 5) is 0. The molecular weight excluding hydrogens is 236 g/mol. The normalized spacial score (nSPS) is 18.6. The molecule has 1 saturated heterocycles. The molecule has 3 nitrogen and oxygen atoms in total. The zero-order valence-corrected chi connectivity index (χ0v) is 12.3. The van der Waals surface area contributed by atoms with E-state index in [0.29, 0.717) is 12.5 Å². The zero-order chi connectivity index (χ0) is 13.9. The Kier molecular flexibility index (Phi) is 4.48. The molecule has 1 aliphatic heterocycles. The van der Waals surface area contributed by atoms with Crippen molar-refractivity contribution >= 4 is 5.69 Å². The van der Waals surface area contributed by atoms with Crippen molar-refractivity contribution in [2.75, 3.05) is 25.0 Å². The first kappa shape index (κ1) is 14.4. The number of hydrogen-bond donors (Lipinski definition) is 3. The number of aliphatic hydroxyl groups is 1. The predicted octanol–water partition coefficient (Wildman–Crippen LogP) is 2.64. The van der Waals surface area contributed by atoms with E-state index in [2.05, 4.69) is 49.6 Å². The highest BCUT2D eigenvalue weighted by molar-refractivity contribution is 5.58. The zero-order valence-electron chi connectivity index (χ0n) is 12.3. The average molecular weight is 262 g/mol. The van der Waals surface area contributed by atoms with Crippen LogP contribution < -0.4 is 10.6 Å². The van der Waals surface area contributed by atoms with Gasteiger partial charge in [0, 0.05) is 12.2 Å². The van der Waals surface area contributed by atoms with Gasteiger partial charge in [0.1, 0.15) is 0 Å². The van der Waals surface area contributed by atoms with E-state index in [9.17, 15) is 5.11 Å². The van der Waals surface area contributed by atoms with E-state index in [0.717, 1.165) is 25.9 Å². The lowest BCUT2D eigenvalue weighted by Crippen LogP contribution is -2.46. The van der Waals surface area contributed by atoms with Crippen molar-refractivity contribution in [3.8, 4) is 0 Å². The van der Waals surface area contributed by atoms with E-state index < -0.39 is 5.60 Å². The van der Waals surface area contributed by atoms with E-state index in [1.165, 1.54) is 16.8 Å². The van der Waals surface area contributed by atoms with Gasteiger partial charge >= 0.3 is 0 Å². The molecule has 0 atom stereocenters. The second kappa shape index (κ2) is 5.93. The Bertz CT molecular complexity index is 423. The highest BCUT2D eigenvalue weighted by Crippen LogP contribution is 2.28. The van der Waals surface area contributed by atoms with Crippen LogP contribution in [-0.2, 0) is 0 Å². The maximum Gasteiger partial charge on any atom is 0.0843 e. The molecule has 3 N–H and O–H groups in total. The van der Waals surface area contributed by atoms with Crippen molar-refractivity contribution in [1.29, 1.82) is 0 Å². The fourth-order valence-electron chi connectivity index (χ4n) is 2.73. The number of piperidine rings is 1. The number of rotatable bonds is 4. The van der Waals surface area contributed by atoms with Gasteiger partial charge in [-0.1, -0.05) is 32.0 Å². The molecule has 1 aromatic carbocycles. The average Bonchev–Trinajstić information content (AvgIpc) is 2.38. The lowest BCUT2D eigenvalue weighted by Gasteiger charge is -2.33. The minimum Gasteiger partial charge on any atom is -0.388 e. The van der Waals surface area contributed by atoms with Gasteiger partial charge in [0.25, 0.3) is 0 Å². The molecule has 0 spiro atoms. The molecule has 0 bridgehead atoms. The van der Waals surface area contributed by atoms with E-state index in [1.807, 2.05) is 0 Å². The molecule has 0 aliphatic carbocycles. The smallest absolute Gasteiger partial charge is 0.0843 e. The van der Waals surface area contributed by atoms with Crippen molar-refractivity contribution in [3.05, 3.63) is 29.3 Å². The first-order chi connectivity index (χ1) is 9.02. The summed E-state index contributed by atoms with van der Waals surface area (Å²) in [5.74, 6) is 0.491. The number of aryl methyl sites for hydroxylation is 1. The van der Waals surface area contributed by atoms with Crippen LogP contribution in [0.2, 0.25) is 0 Å². The van der Waals surface area contributed by atoms with Crippen LogP contribution in [0.15, 0.2) is 18.2 Å². The largest absolute Gasteiger partial charge is 0.388 e. The van der Waals surface area contributed by atoms with Crippen molar-refractivity contribution in [2.24, 2.45) is 0 Å². The number of benzene rings is 1. The lowest BCUT2D eigenvalue weighted by molar-refractivity contribution is 0.0232. The Morgan fingerprint density at radius 2 is 2.00 bits per heavy atom. The van der Waals surface area contributed by atoms with Gasteiger partial charge in [-0.3, -0.25) is 0 Å². The Morgan fingerprint density at radius 3 is 2.63 bits per heavy atom. The van der Waals surface area contributed by atoms with E-state index in [4.69, 9.17) is 0 Å². The highest BCUT2D eigenvalue weighted by atomic mass is 16.3. The monoisotopic (exact) mass is 262 g/mol. The van der Waals surface area contributed by atoms with E-state index in [1.54, 1.807) is 0 Å². The Labute approximate surface area is 116 Å². The standard InChI is InChI=1S/C16H26N2O/c1-12(2)14-6-4-5-13(3)15(14)18-11-16(19)7-9-17-10-8-16/h4-6,12,17-19H,7-11H2,1-3H3. The number of anilines is 1. The van der Waals surface area contributed by atoms with Crippen LogP contribution in [0.4, 0.5) is 5.69 Å². The summed E-state index contributed by atoms with van der Waals surface area (Å²) in [5, 5.41) is 17.3. The fraction of sp³-hybridized carbons (Fsp3) is 0.625. The van der Waals surface area contributed by atoms with Crippen LogP contribution in [0.1, 0.15) is 43.7 Å². The van der Waals surface area contributed by atoms with Gasteiger partial charge in [0.05, 0.1) is 5.60 Å². The SMILES string of the molecule is Cc1cccc(C(C)C)c1NCC1(O)CCNCC1. The topological polar surface area (TPSA) is 44.3 Å². The predicted molar refractivity (Wildman–Crippen MR) is 80.8 cm³/mol. The minimum absolute atomic E-state index is 0.491. The molecule has 19 heavy (non-hydrogen) atoms. The second-order valence-corrected chi connectivity index (χ2v) is 6.02. The number of nitrogens with one attached hydrogen (secondary N) is 2. The molecule has 1 aliphatic rings. The minimum atomic E-state index is -0.568. The van der Waals surface area contributed by atoms with Crippen molar-refractivity contribution < 1.29 is 5.11 Å². The van der Waals surface area contributed by atoms with Crippen molar-refractivity contribution in [1.82, 2.24) is 5.32 Å². The van der Waals surface area contributed by atoms with Gasteiger partial charge < -0.3 is 15.7 Å². The molecule has 2 rings (SSSR count). The van der Waals surface area contributed by atoms with E-state index >= 15 is 0 Å². The summed E-state index contributed by atoms with van der Waals surface area (Å²) >= 11 is 0. The van der Waals surface area contributed by atoms with Crippen LogP contribution in [0.3, 0.4) is 0 Å². The summed E-state index contributed by atoms with van der Waals surface area (Å²) < 4.78 is 0. The van der Waals surface area contributed by atoms with Crippen molar-refractivity contribution in [2.45, 2.75) is 45.1 Å². The fourth-order valence-corrected chi connectivity index (χ4v) is 2.73. The molecule has 0 aromatic heterocycles. The third kappa shape index (κ3) is 3.48. The summed E-state index contributed by atoms with van der Waals surface area (Å²) in [6.45, 7) is 8.99. The molecule has 0 unspecified atom stereocenters. The van der Waals surface area contributed by atoms with Crippen LogP contribution in [0.5, 0.6) is 0 Å². The molecule has 1 heterocycles. The van der Waals surface area contributed by atoms with Gasteiger partial charge in [-0.2, -0.15) is 0 Å². The second-order valence-electron chi connectivity index (χ2n) is 6.02. The van der Waals surface area contributed by atoms with E-state index in [-0.39, 0.29) is 0 Å². The molecule has 0 amide bonds. The summed E-state index contributed by atoms with van der Waals surface area (Å²) in [6, 6.07) is 6.41. The Hall–Kier alpha value is -1.06. The quantitative estimate of drug-likeness (QED) is 0.781. The highest BCUT2D eigenvalue weighted by Gasteiger charge is 2.29. The number of hydrogen-bond acceptors (Lipinski definition) is 3. The third-order valence-electron chi connectivity index (χ3n) is 4.06. The third-order valence-corrected chi connectivity index (χ3v) is 4.06. The Morgan fingerprint density at radius 1 is 1.32 bits per heavy atom. The van der Waals surface area contributed by atoms with Gasteiger partial charge in [0.15, 0.2) is 0 Å². The molecular formula is C16H26N2O. The van der Waals surface area contributed by atoms with Gasteiger partial charge in [-0.05, 0) is 49.9 Å². The molecule has 106 valence electrons. The lowest BCUT2D eigenvalue weighted by atomic mass is 9.91. The number of para-hydroxylation sites is 1. The molecule has 0 saturated carbocycles. The molecule has 3 heteroatoms. The molecule has 1 aromatic rings. The first-order valence-corrected chi connectivity index (χ1v) is 7.28. The molecule has 0 radical (unpaired) electrons. The summed E-state index contributed by atoms with van der Waals surface area (Å²) in [7, 11) is 0.